The third-order valence-corrected chi connectivity index (χ3v) is 1.88. The highest BCUT2D eigenvalue weighted by molar-refractivity contribution is 4.90. The van der Waals surface area contributed by atoms with Gasteiger partial charge < -0.3 is 14.6 Å². The molecule has 0 aliphatic carbocycles. The van der Waals surface area contributed by atoms with E-state index in [-0.39, 0.29) is 6.10 Å². The second kappa shape index (κ2) is 6.10. The zero-order chi connectivity index (χ0) is 9.52. The van der Waals surface area contributed by atoms with Crippen molar-refractivity contribution in [2.75, 3.05) is 20.3 Å². The Morgan fingerprint density at radius 1 is 1.62 bits per heavy atom. The van der Waals surface area contributed by atoms with Crippen molar-refractivity contribution in [2.45, 2.75) is 25.4 Å². The summed E-state index contributed by atoms with van der Waals surface area (Å²) in [5.41, 5.74) is 0. The van der Waals surface area contributed by atoms with Crippen molar-refractivity contribution in [3.63, 3.8) is 0 Å². The van der Waals surface area contributed by atoms with Crippen molar-refractivity contribution in [1.29, 1.82) is 0 Å². The molecule has 0 saturated heterocycles. The maximum atomic E-state index is 9.16. The molecule has 13 heavy (non-hydrogen) atoms. The van der Waals surface area contributed by atoms with Crippen LogP contribution in [0, 0.1) is 0 Å². The highest BCUT2D eigenvalue weighted by Crippen LogP contribution is 2.06. The standard InChI is InChI=1S/C9H17NO3/c1-10-9(11)13-8-4-2-3-6-12-7-5-8/h2,4,8-11H,3,5-7H2,1H3/b4-2+. The van der Waals surface area contributed by atoms with Crippen LogP contribution in [-0.4, -0.2) is 37.9 Å². The minimum atomic E-state index is -0.894. The van der Waals surface area contributed by atoms with Crippen LogP contribution in [0.1, 0.15) is 12.8 Å². The lowest BCUT2D eigenvalue weighted by atomic mass is 10.2. The monoisotopic (exact) mass is 187 g/mol. The molecule has 2 N–H and O–H groups in total. The third-order valence-electron chi connectivity index (χ3n) is 1.88. The molecule has 76 valence electrons. The molecular formula is C9H17NO3. The predicted octanol–water partition coefficient (Wildman–Crippen LogP) is 0.233. The summed E-state index contributed by atoms with van der Waals surface area (Å²) < 4.78 is 10.5. The van der Waals surface area contributed by atoms with E-state index in [2.05, 4.69) is 5.32 Å². The number of hydrogen-bond acceptors (Lipinski definition) is 4. The Balaban J connectivity index is 2.32. The number of rotatable bonds is 3. The molecule has 0 bridgehead atoms. The van der Waals surface area contributed by atoms with Gasteiger partial charge in [-0.1, -0.05) is 12.2 Å². The average molecular weight is 187 g/mol. The Morgan fingerprint density at radius 2 is 2.46 bits per heavy atom. The Hall–Kier alpha value is -0.420. The molecule has 0 aromatic rings. The smallest absolute Gasteiger partial charge is 0.213 e. The highest BCUT2D eigenvalue weighted by atomic mass is 16.6. The Morgan fingerprint density at radius 3 is 3.23 bits per heavy atom. The maximum absolute atomic E-state index is 9.16. The zero-order valence-electron chi connectivity index (χ0n) is 7.90. The van der Waals surface area contributed by atoms with Crippen molar-refractivity contribution in [3.05, 3.63) is 12.2 Å². The van der Waals surface area contributed by atoms with Gasteiger partial charge in [-0.25, -0.2) is 0 Å². The quantitative estimate of drug-likeness (QED) is 0.490. The molecule has 1 heterocycles. The number of nitrogens with one attached hydrogen (secondary N) is 1. The molecule has 0 fully saturated rings. The summed E-state index contributed by atoms with van der Waals surface area (Å²) >= 11 is 0. The molecule has 2 unspecified atom stereocenters. The van der Waals surface area contributed by atoms with Crippen LogP contribution in [0.3, 0.4) is 0 Å². The number of ether oxygens (including phenoxy) is 2. The fraction of sp³-hybridized carbons (Fsp3) is 0.778. The molecule has 0 radical (unpaired) electrons. The summed E-state index contributed by atoms with van der Waals surface area (Å²) in [7, 11) is 1.65. The minimum Gasteiger partial charge on any atom is -0.381 e. The van der Waals surface area contributed by atoms with Gasteiger partial charge in [0.15, 0.2) is 0 Å². The molecule has 1 aliphatic rings. The normalized spacial score (nSPS) is 28.9. The lowest BCUT2D eigenvalue weighted by Crippen LogP contribution is -2.32. The molecule has 0 saturated carbocycles. The van der Waals surface area contributed by atoms with Gasteiger partial charge in [0.2, 0.25) is 6.41 Å². The minimum absolute atomic E-state index is 0.0530. The molecule has 2 atom stereocenters. The summed E-state index contributed by atoms with van der Waals surface area (Å²) in [5, 5.41) is 11.8. The summed E-state index contributed by atoms with van der Waals surface area (Å²) in [4.78, 5) is 0. The van der Waals surface area contributed by atoms with Crippen LogP contribution in [0.25, 0.3) is 0 Å². The van der Waals surface area contributed by atoms with Gasteiger partial charge in [0.25, 0.3) is 0 Å². The first kappa shape index (κ1) is 10.7. The second-order valence-corrected chi connectivity index (χ2v) is 2.93. The van der Waals surface area contributed by atoms with E-state index in [0.29, 0.717) is 6.61 Å². The molecule has 1 aliphatic heterocycles. The van der Waals surface area contributed by atoms with Gasteiger partial charge in [-0.2, -0.15) is 0 Å². The van der Waals surface area contributed by atoms with Gasteiger partial charge in [0.1, 0.15) is 0 Å². The van der Waals surface area contributed by atoms with Crippen LogP contribution in [-0.2, 0) is 9.47 Å². The second-order valence-electron chi connectivity index (χ2n) is 2.93. The van der Waals surface area contributed by atoms with Crippen LogP contribution < -0.4 is 5.32 Å². The fourth-order valence-corrected chi connectivity index (χ4v) is 1.14. The lowest BCUT2D eigenvalue weighted by molar-refractivity contribution is -0.142. The van der Waals surface area contributed by atoms with E-state index in [1.165, 1.54) is 0 Å². The Bertz CT molecular complexity index is 161. The lowest BCUT2D eigenvalue weighted by Gasteiger charge is -2.19. The van der Waals surface area contributed by atoms with E-state index >= 15 is 0 Å². The molecule has 4 heteroatoms. The number of aliphatic hydroxyl groups excluding tert-OH is 1. The molecule has 0 aromatic heterocycles. The topological polar surface area (TPSA) is 50.7 Å². The van der Waals surface area contributed by atoms with Gasteiger partial charge in [0.05, 0.1) is 12.7 Å². The van der Waals surface area contributed by atoms with E-state index in [1.807, 2.05) is 12.2 Å². The van der Waals surface area contributed by atoms with Crippen LogP contribution in [0.4, 0.5) is 0 Å². The van der Waals surface area contributed by atoms with Crippen LogP contribution in [0.5, 0.6) is 0 Å². The predicted molar refractivity (Wildman–Crippen MR) is 49.1 cm³/mol. The first-order chi connectivity index (χ1) is 6.33. The van der Waals surface area contributed by atoms with Crippen LogP contribution >= 0.6 is 0 Å². The first-order valence-corrected chi connectivity index (χ1v) is 4.58. The third kappa shape index (κ3) is 4.38. The molecule has 0 aromatic carbocycles. The summed E-state index contributed by atoms with van der Waals surface area (Å²) in [6.07, 6.45) is 4.75. The molecule has 0 spiro atoms. The average Bonchev–Trinajstić information content (AvgIpc) is 2.09. The van der Waals surface area contributed by atoms with Gasteiger partial charge in [-0.3, -0.25) is 5.32 Å². The van der Waals surface area contributed by atoms with Crippen molar-refractivity contribution < 1.29 is 14.6 Å². The molecular weight excluding hydrogens is 170 g/mol. The van der Waals surface area contributed by atoms with Crippen molar-refractivity contribution in [2.24, 2.45) is 0 Å². The Labute approximate surface area is 78.5 Å². The van der Waals surface area contributed by atoms with Gasteiger partial charge in [-0.05, 0) is 13.5 Å². The van der Waals surface area contributed by atoms with E-state index in [1.54, 1.807) is 7.05 Å². The zero-order valence-corrected chi connectivity index (χ0v) is 7.90. The van der Waals surface area contributed by atoms with Gasteiger partial charge in [-0.15, -0.1) is 0 Å². The van der Waals surface area contributed by atoms with Crippen molar-refractivity contribution in [1.82, 2.24) is 5.32 Å². The van der Waals surface area contributed by atoms with E-state index in [0.717, 1.165) is 19.4 Å². The highest BCUT2D eigenvalue weighted by Gasteiger charge is 2.11. The largest absolute Gasteiger partial charge is 0.381 e. The van der Waals surface area contributed by atoms with E-state index in [4.69, 9.17) is 14.6 Å². The Kier molecular flexibility index (Phi) is 5.00. The van der Waals surface area contributed by atoms with Crippen molar-refractivity contribution in [3.8, 4) is 0 Å². The van der Waals surface area contributed by atoms with Crippen LogP contribution in [0.15, 0.2) is 12.2 Å². The van der Waals surface area contributed by atoms with Crippen LogP contribution in [0.2, 0.25) is 0 Å². The van der Waals surface area contributed by atoms with E-state index in [9.17, 15) is 0 Å². The van der Waals surface area contributed by atoms with Crippen molar-refractivity contribution >= 4 is 0 Å². The SMILES string of the molecule is CNC(O)OC1/C=C/CCOCC1. The van der Waals surface area contributed by atoms with Gasteiger partial charge >= 0.3 is 0 Å². The number of hydrogen-bond donors (Lipinski definition) is 2. The summed E-state index contributed by atoms with van der Waals surface area (Å²) in [5.74, 6) is 0. The molecule has 4 nitrogen and oxygen atoms in total. The summed E-state index contributed by atoms with van der Waals surface area (Å²) in [6, 6.07) is 0. The molecule has 0 amide bonds. The fourth-order valence-electron chi connectivity index (χ4n) is 1.14. The first-order valence-electron chi connectivity index (χ1n) is 4.58. The van der Waals surface area contributed by atoms with Gasteiger partial charge in [0, 0.05) is 13.0 Å². The van der Waals surface area contributed by atoms with E-state index < -0.39 is 6.41 Å². The maximum Gasteiger partial charge on any atom is 0.213 e. The molecule has 1 rings (SSSR count). The summed E-state index contributed by atoms with van der Waals surface area (Å²) in [6.45, 7) is 1.46. The number of aliphatic hydroxyl groups is 1.